The Morgan fingerprint density at radius 2 is 1.71 bits per heavy atom. The van der Waals surface area contributed by atoms with Crippen LogP contribution in [0.2, 0.25) is 0 Å². The summed E-state index contributed by atoms with van der Waals surface area (Å²) < 4.78 is 0. The number of hydrogen-bond acceptors (Lipinski definition) is 1. The lowest BCUT2D eigenvalue weighted by molar-refractivity contribution is 0.164. The second-order valence-electron chi connectivity index (χ2n) is 6.59. The van der Waals surface area contributed by atoms with Crippen LogP contribution in [0.3, 0.4) is 0 Å². The molecule has 3 unspecified atom stereocenters. The number of hydrogen-bond donors (Lipinski definition) is 1. The summed E-state index contributed by atoms with van der Waals surface area (Å²) in [5.41, 5.74) is 7.48. The first-order chi connectivity index (χ1) is 6.74. The summed E-state index contributed by atoms with van der Waals surface area (Å²) in [4.78, 5) is 0. The molecule has 0 radical (unpaired) electrons. The van der Waals surface area contributed by atoms with Gasteiger partial charge < -0.3 is 5.73 Å². The van der Waals surface area contributed by atoms with Crippen LogP contribution in [0.25, 0.3) is 0 Å². The molecule has 14 heavy (non-hydrogen) atoms. The first-order valence-corrected chi connectivity index (χ1v) is 6.52. The Morgan fingerprint density at radius 3 is 2.14 bits per heavy atom. The molecule has 0 aliphatic heterocycles. The van der Waals surface area contributed by atoms with Gasteiger partial charge in [0.25, 0.3) is 0 Å². The van der Waals surface area contributed by atoms with E-state index < -0.39 is 0 Å². The Kier molecular flexibility index (Phi) is 1.29. The summed E-state index contributed by atoms with van der Waals surface area (Å²) in [7, 11) is 0. The molecule has 0 aromatic rings. The Bertz CT molecular complexity index is 275. The van der Waals surface area contributed by atoms with Crippen LogP contribution in [-0.4, -0.2) is 5.54 Å². The van der Waals surface area contributed by atoms with Gasteiger partial charge in [-0.15, -0.1) is 0 Å². The average molecular weight is 191 g/mol. The standard InChI is InChI=1S/C13H21N/c14-13(5-6-13)12(3-4-12)11-8-9-1-2-10(11)7-9/h9-11H,1-8,14H2. The van der Waals surface area contributed by atoms with Crippen LogP contribution in [0, 0.1) is 23.2 Å². The van der Waals surface area contributed by atoms with Crippen molar-refractivity contribution in [3.63, 3.8) is 0 Å². The highest BCUT2D eigenvalue weighted by atomic mass is 14.9. The first-order valence-electron chi connectivity index (χ1n) is 6.52. The van der Waals surface area contributed by atoms with Gasteiger partial charge in [0.2, 0.25) is 0 Å². The van der Waals surface area contributed by atoms with Gasteiger partial charge in [0.05, 0.1) is 0 Å². The fraction of sp³-hybridized carbons (Fsp3) is 1.00. The van der Waals surface area contributed by atoms with Crippen molar-refractivity contribution in [1.82, 2.24) is 0 Å². The van der Waals surface area contributed by atoms with E-state index in [4.69, 9.17) is 5.73 Å². The van der Waals surface area contributed by atoms with Crippen molar-refractivity contribution in [3.8, 4) is 0 Å². The van der Waals surface area contributed by atoms with E-state index in [1.165, 1.54) is 38.5 Å². The molecule has 0 aromatic heterocycles. The van der Waals surface area contributed by atoms with Crippen molar-refractivity contribution >= 4 is 0 Å². The van der Waals surface area contributed by atoms with Crippen LogP contribution in [0.15, 0.2) is 0 Å². The predicted octanol–water partition coefficient (Wildman–Crippen LogP) is 2.69. The molecule has 0 aromatic carbocycles. The molecular formula is C13H21N. The minimum atomic E-state index is 0.322. The summed E-state index contributed by atoms with van der Waals surface area (Å²) in [5.74, 6) is 3.24. The molecule has 2 N–H and O–H groups in total. The molecule has 0 heterocycles. The summed E-state index contributed by atoms with van der Waals surface area (Å²) in [6.45, 7) is 0. The molecule has 0 amide bonds. The van der Waals surface area contributed by atoms with E-state index in [9.17, 15) is 0 Å². The molecule has 1 heteroatoms. The SMILES string of the molecule is NC1(C2(C3CC4CCC3C4)CC2)CC1. The average Bonchev–Trinajstić information content (AvgIpc) is 3.07. The molecule has 4 saturated carbocycles. The van der Waals surface area contributed by atoms with Gasteiger partial charge in [-0.1, -0.05) is 6.42 Å². The zero-order valence-electron chi connectivity index (χ0n) is 8.97. The van der Waals surface area contributed by atoms with Crippen LogP contribution < -0.4 is 5.73 Å². The summed E-state index contributed by atoms with van der Waals surface area (Å²) in [6.07, 6.45) is 11.8. The van der Waals surface area contributed by atoms with Crippen LogP contribution in [0.4, 0.5) is 0 Å². The molecule has 0 spiro atoms. The van der Waals surface area contributed by atoms with Crippen molar-refractivity contribution in [2.45, 2.75) is 56.9 Å². The largest absolute Gasteiger partial charge is 0.325 e. The normalized spacial score (nSPS) is 50.8. The van der Waals surface area contributed by atoms with Crippen LogP contribution in [0.1, 0.15) is 51.4 Å². The van der Waals surface area contributed by atoms with E-state index in [0.717, 1.165) is 17.8 Å². The Morgan fingerprint density at radius 1 is 0.929 bits per heavy atom. The fourth-order valence-corrected chi connectivity index (χ4v) is 4.93. The maximum absolute atomic E-state index is 6.50. The zero-order valence-corrected chi connectivity index (χ0v) is 8.97. The fourth-order valence-electron chi connectivity index (χ4n) is 4.93. The third-order valence-electron chi connectivity index (χ3n) is 6.02. The van der Waals surface area contributed by atoms with E-state index in [-0.39, 0.29) is 0 Å². The van der Waals surface area contributed by atoms with Crippen LogP contribution >= 0.6 is 0 Å². The monoisotopic (exact) mass is 191 g/mol. The lowest BCUT2D eigenvalue weighted by Crippen LogP contribution is -2.41. The van der Waals surface area contributed by atoms with Crippen molar-refractivity contribution < 1.29 is 0 Å². The molecule has 4 fully saturated rings. The third kappa shape index (κ3) is 0.816. The van der Waals surface area contributed by atoms with Gasteiger partial charge in [-0.05, 0) is 68.1 Å². The second-order valence-corrected chi connectivity index (χ2v) is 6.59. The van der Waals surface area contributed by atoms with E-state index in [0.29, 0.717) is 11.0 Å². The van der Waals surface area contributed by atoms with Crippen LogP contribution in [0.5, 0.6) is 0 Å². The molecule has 0 saturated heterocycles. The summed E-state index contributed by atoms with van der Waals surface area (Å²) >= 11 is 0. The van der Waals surface area contributed by atoms with Gasteiger partial charge in [-0.3, -0.25) is 0 Å². The van der Waals surface area contributed by atoms with Gasteiger partial charge in [-0.25, -0.2) is 0 Å². The topological polar surface area (TPSA) is 26.0 Å². The Balaban J connectivity index is 1.64. The zero-order chi connectivity index (χ0) is 9.39. The lowest BCUT2D eigenvalue weighted by atomic mass is 9.72. The molecule has 4 rings (SSSR count). The minimum absolute atomic E-state index is 0.322. The molecular weight excluding hydrogens is 170 g/mol. The molecule has 4 aliphatic carbocycles. The number of fused-ring (bicyclic) bond motifs is 2. The number of nitrogens with two attached hydrogens (primary N) is 1. The quantitative estimate of drug-likeness (QED) is 0.713. The van der Waals surface area contributed by atoms with E-state index in [2.05, 4.69) is 0 Å². The highest BCUT2D eigenvalue weighted by Gasteiger charge is 2.68. The maximum atomic E-state index is 6.50. The van der Waals surface area contributed by atoms with E-state index >= 15 is 0 Å². The number of rotatable bonds is 2. The Hall–Kier alpha value is -0.0400. The first kappa shape index (κ1) is 8.15. The molecule has 3 atom stereocenters. The molecule has 1 nitrogen and oxygen atoms in total. The highest BCUT2D eigenvalue weighted by Crippen LogP contribution is 2.72. The summed E-state index contributed by atoms with van der Waals surface area (Å²) in [6, 6.07) is 0. The van der Waals surface area contributed by atoms with E-state index in [1.807, 2.05) is 0 Å². The van der Waals surface area contributed by atoms with Gasteiger partial charge in [0.15, 0.2) is 0 Å². The van der Waals surface area contributed by atoms with Crippen LogP contribution in [-0.2, 0) is 0 Å². The smallest absolute Gasteiger partial charge is 0.0215 e. The second kappa shape index (κ2) is 2.21. The molecule has 4 aliphatic rings. The lowest BCUT2D eigenvalue weighted by Gasteiger charge is -2.35. The predicted molar refractivity (Wildman–Crippen MR) is 56.8 cm³/mol. The minimum Gasteiger partial charge on any atom is -0.325 e. The molecule has 78 valence electrons. The highest BCUT2D eigenvalue weighted by molar-refractivity contribution is 5.23. The van der Waals surface area contributed by atoms with Gasteiger partial charge in [0.1, 0.15) is 0 Å². The van der Waals surface area contributed by atoms with Crippen molar-refractivity contribution in [2.75, 3.05) is 0 Å². The third-order valence-corrected chi connectivity index (χ3v) is 6.02. The Labute approximate surface area is 86.4 Å². The molecule has 2 bridgehead atoms. The van der Waals surface area contributed by atoms with Crippen molar-refractivity contribution in [2.24, 2.45) is 28.9 Å². The van der Waals surface area contributed by atoms with Crippen molar-refractivity contribution in [1.29, 1.82) is 0 Å². The van der Waals surface area contributed by atoms with Gasteiger partial charge >= 0.3 is 0 Å². The van der Waals surface area contributed by atoms with E-state index in [1.54, 1.807) is 12.8 Å². The maximum Gasteiger partial charge on any atom is 0.0215 e. The summed E-state index contributed by atoms with van der Waals surface area (Å²) in [5, 5.41) is 0. The van der Waals surface area contributed by atoms with Gasteiger partial charge in [-0.2, -0.15) is 0 Å². The van der Waals surface area contributed by atoms with Crippen molar-refractivity contribution in [3.05, 3.63) is 0 Å². The van der Waals surface area contributed by atoms with Gasteiger partial charge in [0, 0.05) is 5.54 Å².